The number of hydrogen-bond acceptors (Lipinski definition) is 4. The number of rotatable bonds is 3. The number of anilines is 1. The van der Waals surface area contributed by atoms with Crippen molar-refractivity contribution in [3.63, 3.8) is 0 Å². The molecule has 2 heterocycles. The van der Waals surface area contributed by atoms with Crippen LogP contribution in [0.2, 0.25) is 0 Å². The molecule has 4 heteroatoms. The zero-order valence-corrected chi connectivity index (χ0v) is 13.3. The van der Waals surface area contributed by atoms with Crippen molar-refractivity contribution >= 4 is 5.82 Å². The molecule has 1 aliphatic heterocycles. The molecule has 1 aliphatic rings. The average molecular weight is 307 g/mol. The third kappa shape index (κ3) is 3.52. The first kappa shape index (κ1) is 15.5. The Bertz CT molecular complexity index is 706. The Kier molecular flexibility index (Phi) is 4.31. The van der Waals surface area contributed by atoms with Gasteiger partial charge >= 0.3 is 0 Å². The molecule has 0 amide bonds. The molecule has 1 aromatic carbocycles. The molecular formula is C19H21N3O. The second-order valence-corrected chi connectivity index (χ2v) is 6.43. The molecule has 1 saturated heterocycles. The lowest BCUT2D eigenvalue weighted by atomic mass is 9.79. The van der Waals surface area contributed by atoms with Gasteiger partial charge in [-0.25, -0.2) is 4.98 Å². The maximum absolute atomic E-state index is 10.8. The van der Waals surface area contributed by atoms with E-state index in [0.717, 1.165) is 25.3 Å². The largest absolute Gasteiger partial charge is 0.390 e. The minimum atomic E-state index is -0.681. The molecule has 0 aliphatic carbocycles. The maximum atomic E-state index is 10.8. The van der Waals surface area contributed by atoms with Gasteiger partial charge in [-0.05, 0) is 37.5 Å². The number of nitrogens with zero attached hydrogens (tertiary/aromatic N) is 3. The number of aromatic nitrogens is 1. The van der Waals surface area contributed by atoms with Gasteiger partial charge in [-0.1, -0.05) is 36.4 Å². The highest BCUT2D eigenvalue weighted by Crippen LogP contribution is 2.32. The lowest BCUT2D eigenvalue weighted by Crippen LogP contribution is -2.51. The van der Waals surface area contributed by atoms with Crippen molar-refractivity contribution in [1.29, 1.82) is 5.26 Å². The van der Waals surface area contributed by atoms with Crippen LogP contribution in [0.3, 0.4) is 0 Å². The molecule has 0 saturated carbocycles. The summed E-state index contributed by atoms with van der Waals surface area (Å²) in [5.74, 6) is 0.948. The van der Waals surface area contributed by atoms with Crippen molar-refractivity contribution in [2.75, 3.05) is 18.0 Å². The fraction of sp³-hybridized carbons (Fsp3) is 0.368. The molecule has 23 heavy (non-hydrogen) atoms. The van der Waals surface area contributed by atoms with Crippen LogP contribution in [0.25, 0.3) is 0 Å². The van der Waals surface area contributed by atoms with Crippen LogP contribution in [0.1, 0.15) is 24.6 Å². The first-order valence-electron chi connectivity index (χ1n) is 7.97. The Balaban J connectivity index is 1.79. The van der Waals surface area contributed by atoms with Gasteiger partial charge in [0.05, 0.1) is 5.60 Å². The summed E-state index contributed by atoms with van der Waals surface area (Å²) >= 11 is 0. The van der Waals surface area contributed by atoms with Crippen LogP contribution in [0.15, 0.2) is 48.5 Å². The van der Waals surface area contributed by atoms with Crippen molar-refractivity contribution in [2.45, 2.75) is 25.4 Å². The number of hydrogen-bond donors (Lipinski definition) is 1. The molecule has 1 aromatic heterocycles. The van der Waals surface area contributed by atoms with Crippen molar-refractivity contribution in [3.05, 3.63) is 59.8 Å². The topological polar surface area (TPSA) is 60.1 Å². The molecule has 0 radical (unpaired) electrons. The van der Waals surface area contributed by atoms with Crippen LogP contribution in [0, 0.1) is 17.2 Å². The Morgan fingerprint density at radius 2 is 2.04 bits per heavy atom. The molecule has 0 bridgehead atoms. The lowest BCUT2D eigenvalue weighted by molar-refractivity contribution is -0.0168. The smallest absolute Gasteiger partial charge is 0.142 e. The van der Waals surface area contributed by atoms with Crippen LogP contribution >= 0.6 is 0 Å². The van der Waals surface area contributed by atoms with Gasteiger partial charge in [0.25, 0.3) is 0 Å². The molecule has 1 fully saturated rings. The summed E-state index contributed by atoms with van der Waals surface area (Å²) in [6, 6.07) is 17.9. The number of aliphatic hydroxyl groups is 1. The van der Waals surface area contributed by atoms with Gasteiger partial charge in [-0.2, -0.15) is 5.26 Å². The van der Waals surface area contributed by atoms with Crippen molar-refractivity contribution in [3.8, 4) is 6.07 Å². The van der Waals surface area contributed by atoms with E-state index in [0.29, 0.717) is 12.1 Å². The van der Waals surface area contributed by atoms with Crippen molar-refractivity contribution in [2.24, 2.45) is 5.92 Å². The minimum absolute atomic E-state index is 0.131. The van der Waals surface area contributed by atoms with E-state index >= 15 is 0 Å². The summed E-state index contributed by atoms with van der Waals surface area (Å²) in [6.07, 6.45) is 1.53. The van der Waals surface area contributed by atoms with Gasteiger partial charge in [0.15, 0.2) is 0 Å². The maximum Gasteiger partial charge on any atom is 0.142 e. The van der Waals surface area contributed by atoms with Gasteiger partial charge < -0.3 is 10.0 Å². The Morgan fingerprint density at radius 3 is 2.78 bits per heavy atom. The van der Waals surface area contributed by atoms with Gasteiger partial charge in [0.2, 0.25) is 0 Å². The molecular weight excluding hydrogens is 286 g/mol. The Hall–Kier alpha value is -2.38. The van der Waals surface area contributed by atoms with Crippen molar-refractivity contribution in [1.82, 2.24) is 4.98 Å². The molecule has 0 spiro atoms. The normalized spacial score (nSPS) is 24.2. The van der Waals surface area contributed by atoms with E-state index < -0.39 is 5.60 Å². The fourth-order valence-electron chi connectivity index (χ4n) is 3.17. The number of piperidine rings is 1. The molecule has 3 rings (SSSR count). The second-order valence-electron chi connectivity index (χ2n) is 6.43. The predicted molar refractivity (Wildman–Crippen MR) is 90.0 cm³/mol. The number of benzene rings is 1. The highest BCUT2D eigenvalue weighted by atomic mass is 16.3. The molecule has 4 nitrogen and oxygen atoms in total. The van der Waals surface area contributed by atoms with Gasteiger partial charge in [-0.15, -0.1) is 0 Å². The van der Waals surface area contributed by atoms with Crippen LogP contribution in [0.4, 0.5) is 5.82 Å². The second kappa shape index (κ2) is 6.39. The summed E-state index contributed by atoms with van der Waals surface area (Å²) in [6.45, 7) is 3.42. The van der Waals surface area contributed by atoms with Crippen LogP contribution < -0.4 is 4.90 Å². The van der Waals surface area contributed by atoms with Crippen molar-refractivity contribution < 1.29 is 5.11 Å². The quantitative estimate of drug-likeness (QED) is 0.947. The van der Waals surface area contributed by atoms with Gasteiger partial charge in [0, 0.05) is 19.0 Å². The zero-order valence-electron chi connectivity index (χ0n) is 13.3. The summed E-state index contributed by atoms with van der Waals surface area (Å²) < 4.78 is 0. The van der Waals surface area contributed by atoms with Crippen LogP contribution in [-0.2, 0) is 6.42 Å². The summed E-state index contributed by atoms with van der Waals surface area (Å²) in [4.78, 5) is 6.56. The molecule has 1 N–H and O–H groups in total. The van der Waals surface area contributed by atoms with E-state index in [1.54, 1.807) is 6.07 Å². The molecule has 2 atom stereocenters. The van der Waals surface area contributed by atoms with E-state index in [1.165, 1.54) is 5.56 Å². The fourth-order valence-corrected chi connectivity index (χ4v) is 3.17. The van der Waals surface area contributed by atoms with E-state index in [1.807, 2.05) is 37.3 Å². The monoisotopic (exact) mass is 307 g/mol. The van der Waals surface area contributed by atoms with Gasteiger partial charge in [-0.3, -0.25) is 0 Å². The summed E-state index contributed by atoms with van der Waals surface area (Å²) in [7, 11) is 0. The SMILES string of the molecule is C[C@@]1(O)CCN(c2cccc(C#N)n2)C[C@@H]1Cc1ccccc1. The van der Waals surface area contributed by atoms with Crippen LogP contribution in [0.5, 0.6) is 0 Å². The van der Waals surface area contributed by atoms with Crippen LogP contribution in [-0.4, -0.2) is 28.8 Å². The minimum Gasteiger partial charge on any atom is -0.390 e. The first-order chi connectivity index (χ1) is 11.1. The summed E-state index contributed by atoms with van der Waals surface area (Å²) in [5, 5.41) is 19.8. The standard InChI is InChI=1S/C19H21N3O/c1-19(23)10-11-22(18-9-5-8-17(13-20)21-18)14-16(19)12-15-6-3-2-4-7-15/h2-9,16,23H,10-12,14H2,1H3/t16-,19+/m0/s1. The predicted octanol–water partition coefficient (Wildman–Crippen LogP) is 2.77. The Labute approximate surface area is 137 Å². The number of nitriles is 1. The van der Waals surface area contributed by atoms with E-state index in [9.17, 15) is 5.11 Å². The van der Waals surface area contributed by atoms with E-state index in [-0.39, 0.29) is 5.92 Å². The molecule has 0 unspecified atom stereocenters. The molecule has 2 aromatic rings. The highest BCUT2D eigenvalue weighted by Gasteiger charge is 2.37. The van der Waals surface area contributed by atoms with Gasteiger partial charge in [0.1, 0.15) is 17.6 Å². The van der Waals surface area contributed by atoms with E-state index in [4.69, 9.17) is 5.26 Å². The third-order valence-electron chi connectivity index (χ3n) is 4.71. The highest BCUT2D eigenvalue weighted by molar-refractivity contribution is 5.42. The summed E-state index contributed by atoms with van der Waals surface area (Å²) in [5.41, 5.74) is 0.983. The first-order valence-corrected chi connectivity index (χ1v) is 7.97. The average Bonchev–Trinajstić information content (AvgIpc) is 2.58. The van der Waals surface area contributed by atoms with E-state index in [2.05, 4.69) is 28.1 Å². The zero-order chi connectivity index (χ0) is 16.3. The lowest BCUT2D eigenvalue weighted by Gasteiger charge is -2.43. The Morgan fingerprint density at radius 1 is 1.26 bits per heavy atom. The third-order valence-corrected chi connectivity index (χ3v) is 4.71. The molecule has 118 valence electrons. The number of pyridine rings is 1.